The molecule has 3 heterocycles. The molecule has 0 aromatic carbocycles. The van der Waals surface area contributed by atoms with Gasteiger partial charge in [0.1, 0.15) is 24.6 Å². The second-order valence-electron chi connectivity index (χ2n) is 12.8. The van der Waals surface area contributed by atoms with Crippen LogP contribution in [-0.2, 0) is 11.5 Å². The third kappa shape index (κ3) is 5.87. The quantitative estimate of drug-likeness (QED) is 0.224. The molecule has 0 unspecified atom stereocenters. The summed E-state index contributed by atoms with van der Waals surface area (Å²) in [5.41, 5.74) is 0.403. The van der Waals surface area contributed by atoms with Crippen molar-refractivity contribution >= 4 is 30.7 Å². The standard InChI is InChI=1S/C28H39F3N6O2Si/c1-32-17-36-18-37(21-7-5-20(6-8-21)15-34-27(10-11-27)28(29,30)31)24-22-9-12-35(19-39-13-14-40(2,3)4)25(22)33-16-23(24)26(36)38/h9,12,16,20-21,34H,5-8,10-11,13-15,17-19H2,2-4H3. The van der Waals surface area contributed by atoms with Gasteiger partial charge in [0.25, 0.3) is 12.6 Å². The van der Waals surface area contributed by atoms with Gasteiger partial charge in [0, 0.05) is 38.5 Å². The van der Waals surface area contributed by atoms with E-state index in [1.54, 1.807) is 11.1 Å². The highest BCUT2D eigenvalue weighted by Gasteiger charge is 2.63. The Morgan fingerprint density at radius 3 is 2.58 bits per heavy atom. The van der Waals surface area contributed by atoms with E-state index in [4.69, 9.17) is 11.3 Å². The van der Waals surface area contributed by atoms with Crippen molar-refractivity contribution in [3.63, 3.8) is 0 Å². The average Bonchev–Trinajstić information content (AvgIpc) is 3.60. The Morgan fingerprint density at radius 2 is 1.95 bits per heavy atom. The van der Waals surface area contributed by atoms with Crippen LogP contribution >= 0.6 is 0 Å². The van der Waals surface area contributed by atoms with Gasteiger partial charge >= 0.3 is 6.18 Å². The molecule has 0 atom stereocenters. The predicted octanol–water partition coefficient (Wildman–Crippen LogP) is 5.69. The van der Waals surface area contributed by atoms with Gasteiger partial charge in [-0.15, -0.1) is 0 Å². The molecule has 40 heavy (non-hydrogen) atoms. The first-order valence-electron chi connectivity index (χ1n) is 14.2. The number of aromatic nitrogens is 2. The maximum atomic E-state index is 13.4. The number of alkyl halides is 3. The Bertz CT molecular complexity index is 1270. The largest absolute Gasteiger partial charge is 0.406 e. The van der Waals surface area contributed by atoms with Crippen molar-refractivity contribution in [3.8, 4) is 0 Å². The molecule has 3 aliphatic rings. The third-order valence-electron chi connectivity index (χ3n) is 8.64. The lowest BCUT2D eigenvalue weighted by Crippen LogP contribution is -2.52. The van der Waals surface area contributed by atoms with Gasteiger partial charge in [0.15, 0.2) is 0 Å². The Balaban J connectivity index is 1.32. The van der Waals surface area contributed by atoms with E-state index in [0.717, 1.165) is 48.4 Å². The number of nitrogens with one attached hydrogen (secondary N) is 1. The smallest absolute Gasteiger partial charge is 0.361 e. The van der Waals surface area contributed by atoms with E-state index in [9.17, 15) is 18.0 Å². The fraction of sp³-hybridized carbons (Fsp3) is 0.679. The molecule has 1 amide bonds. The van der Waals surface area contributed by atoms with Crippen LogP contribution in [-0.4, -0.2) is 72.7 Å². The number of nitrogens with zero attached hydrogens (tertiary/aromatic N) is 5. The molecule has 5 rings (SSSR count). The minimum Gasteiger partial charge on any atom is -0.361 e. The zero-order valence-electron chi connectivity index (χ0n) is 23.6. The topological polar surface area (TPSA) is 67.0 Å². The number of rotatable bonds is 10. The van der Waals surface area contributed by atoms with E-state index in [1.165, 1.54) is 0 Å². The molecule has 2 saturated carbocycles. The minimum absolute atomic E-state index is 0.0302. The van der Waals surface area contributed by atoms with E-state index >= 15 is 0 Å². The van der Waals surface area contributed by atoms with Crippen LogP contribution in [0, 0.1) is 12.5 Å². The van der Waals surface area contributed by atoms with Crippen LogP contribution in [0.2, 0.25) is 25.7 Å². The van der Waals surface area contributed by atoms with Crippen molar-refractivity contribution < 1.29 is 22.7 Å². The highest BCUT2D eigenvalue weighted by atomic mass is 28.3. The number of halogens is 3. The SMILES string of the molecule is [C-]#[N+]CN1CN(C2CCC(CNC3(C(F)(F)F)CC3)CC2)c2c(cnc3c2ccn3COCC[Si](C)(C)C)C1=O. The van der Waals surface area contributed by atoms with Gasteiger partial charge < -0.3 is 19.5 Å². The van der Waals surface area contributed by atoms with Crippen molar-refractivity contribution in [1.29, 1.82) is 0 Å². The first kappa shape index (κ1) is 28.9. The summed E-state index contributed by atoms with van der Waals surface area (Å²) in [6.45, 7) is 16.0. The van der Waals surface area contributed by atoms with Crippen LogP contribution in [0.1, 0.15) is 48.9 Å². The maximum Gasteiger partial charge on any atom is 0.406 e. The molecular weight excluding hydrogens is 537 g/mol. The fourth-order valence-corrected chi connectivity index (χ4v) is 6.66. The van der Waals surface area contributed by atoms with Gasteiger partial charge in [-0.3, -0.25) is 14.5 Å². The monoisotopic (exact) mass is 576 g/mol. The molecule has 8 nitrogen and oxygen atoms in total. The number of carbonyl (C=O) groups excluding carboxylic acids is 1. The number of pyridine rings is 1. The van der Waals surface area contributed by atoms with Crippen LogP contribution in [0.15, 0.2) is 18.5 Å². The van der Waals surface area contributed by atoms with Crippen molar-refractivity contribution in [1.82, 2.24) is 19.8 Å². The summed E-state index contributed by atoms with van der Waals surface area (Å²) in [7, 11) is -1.20. The molecular formula is C28H39F3N6O2Si. The highest BCUT2D eigenvalue weighted by Crippen LogP contribution is 2.49. The Kier molecular flexibility index (Phi) is 7.93. The average molecular weight is 577 g/mol. The van der Waals surface area contributed by atoms with Crippen LogP contribution in [0.5, 0.6) is 0 Å². The third-order valence-corrected chi connectivity index (χ3v) is 10.3. The Hall–Kier alpha value is -2.62. The summed E-state index contributed by atoms with van der Waals surface area (Å²) in [6, 6.07) is 3.18. The number of hydrogen-bond donors (Lipinski definition) is 1. The molecule has 0 bridgehead atoms. The Labute approximate surface area is 234 Å². The first-order valence-corrected chi connectivity index (χ1v) is 17.9. The van der Waals surface area contributed by atoms with Gasteiger partial charge in [-0.1, -0.05) is 19.6 Å². The second-order valence-corrected chi connectivity index (χ2v) is 18.4. The number of hydrogen-bond acceptors (Lipinski definition) is 5. The van der Waals surface area contributed by atoms with Crippen molar-refractivity contribution in [2.45, 2.75) is 88.7 Å². The molecule has 1 aliphatic heterocycles. The molecule has 0 spiro atoms. The normalized spacial score (nSPS) is 22.9. The second kappa shape index (κ2) is 11.0. The maximum absolute atomic E-state index is 13.4. The van der Waals surface area contributed by atoms with Gasteiger partial charge in [0.05, 0.1) is 11.3 Å². The van der Waals surface area contributed by atoms with Crippen LogP contribution in [0.25, 0.3) is 15.9 Å². The molecule has 2 aliphatic carbocycles. The summed E-state index contributed by atoms with van der Waals surface area (Å²) in [4.78, 5) is 25.2. The number of anilines is 1. The summed E-state index contributed by atoms with van der Waals surface area (Å²) in [5, 5.41) is 3.71. The van der Waals surface area contributed by atoms with E-state index < -0.39 is 19.8 Å². The van der Waals surface area contributed by atoms with Crippen molar-refractivity contribution in [2.75, 3.05) is 31.4 Å². The fourth-order valence-electron chi connectivity index (χ4n) is 5.90. The van der Waals surface area contributed by atoms with Crippen LogP contribution in [0.4, 0.5) is 18.9 Å². The van der Waals surface area contributed by atoms with Crippen LogP contribution in [0.3, 0.4) is 0 Å². The molecule has 2 aromatic heterocycles. The summed E-state index contributed by atoms with van der Waals surface area (Å²) >= 11 is 0. The van der Waals surface area contributed by atoms with Gasteiger partial charge in [-0.05, 0) is 63.1 Å². The zero-order valence-corrected chi connectivity index (χ0v) is 24.6. The molecule has 2 aromatic rings. The number of carbonyl (C=O) groups is 1. The minimum atomic E-state index is -4.20. The predicted molar refractivity (Wildman–Crippen MR) is 151 cm³/mol. The molecule has 0 saturated heterocycles. The molecule has 2 fully saturated rings. The molecule has 218 valence electrons. The van der Waals surface area contributed by atoms with E-state index in [-0.39, 0.29) is 37.4 Å². The van der Waals surface area contributed by atoms with Crippen molar-refractivity contribution in [3.05, 3.63) is 35.4 Å². The molecule has 12 heteroatoms. The number of amides is 1. The van der Waals surface area contributed by atoms with Gasteiger partial charge in [0.2, 0.25) is 0 Å². The van der Waals surface area contributed by atoms with E-state index in [1.807, 2.05) is 16.8 Å². The lowest BCUT2D eigenvalue weighted by atomic mass is 9.84. The summed E-state index contributed by atoms with van der Waals surface area (Å²) in [5.74, 6) is -0.0104. The zero-order chi connectivity index (χ0) is 28.7. The van der Waals surface area contributed by atoms with Gasteiger partial charge in [-0.25, -0.2) is 11.6 Å². The lowest BCUT2D eigenvalue weighted by molar-refractivity contribution is -0.166. The van der Waals surface area contributed by atoms with Crippen molar-refractivity contribution in [2.24, 2.45) is 5.92 Å². The number of fused-ring (bicyclic) bond motifs is 3. The van der Waals surface area contributed by atoms with E-state index in [2.05, 4.69) is 39.7 Å². The highest BCUT2D eigenvalue weighted by molar-refractivity contribution is 6.76. The lowest BCUT2D eigenvalue weighted by Gasteiger charge is -2.43. The summed E-state index contributed by atoms with van der Waals surface area (Å²) < 4.78 is 48.0. The first-order chi connectivity index (χ1) is 18.9. The Morgan fingerprint density at radius 1 is 1.23 bits per heavy atom. The molecule has 0 radical (unpaired) electrons. The van der Waals surface area contributed by atoms with Crippen LogP contribution < -0.4 is 10.2 Å². The number of ether oxygens (including phenoxy) is 1. The van der Waals surface area contributed by atoms with E-state index in [0.29, 0.717) is 32.1 Å². The molecule has 1 N–H and O–H groups in total. The summed E-state index contributed by atoms with van der Waals surface area (Å²) in [6.07, 6.45) is 2.94. The van der Waals surface area contributed by atoms with Gasteiger partial charge in [-0.2, -0.15) is 13.2 Å².